The van der Waals surface area contributed by atoms with Gasteiger partial charge in [0.05, 0.1) is 5.60 Å². The molecular formula is C11H23NO. The van der Waals surface area contributed by atoms with Crippen molar-refractivity contribution >= 4 is 0 Å². The zero-order valence-corrected chi connectivity index (χ0v) is 9.14. The smallest absolute Gasteiger partial charge is 0.0621 e. The lowest BCUT2D eigenvalue weighted by Crippen LogP contribution is -2.40. The molecule has 0 unspecified atom stereocenters. The predicted molar refractivity (Wildman–Crippen MR) is 55.7 cm³/mol. The van der Waals surface area contributed by atoms with E-state index in [0.29, 0.717) is 6.04 Å². The summed E-state index contributed by atoms with van der Waals surface area (Å²) >= 11 is 0. The minimum atomic E-state index is -0.393. The number of rotatable bonds is 3. The van der Waals surface area contributed by atoms with Gasteiger partial charge in [0.1, 0.15) is 0 Å². The molecule has 1 aliphatic rings. The molecule has 0 heterocycles. The molecule has 0 spiro atoms. The molecule has 0 amide bonds. The second-order valence-corrected chi connectivity index (χ2v) is 5.07. The highest BCUT2D eigenvalue weighted by molar-refractivity contribution is 4.84. The lowest BCUT2D eigenvalue weighted by atomic mass is 9.83. The number of aliphatic hydroxyl groups is 1. The zero-order valence-electron chi connectivity index (χ0n) is 9.14. The first-order chi connectivity index (χ1) is 5.99. The molecule has 0 aromatic carbocycles. The molecule has 2 nitrogen and oxygen atoms in total. The number of hydrogen-bond donors (Lipinski definition) is 2. The van der Waals surface area contributed by atoms with Crippen LogP contribution in [0.3, 0.4) is 0 Å². The van der Waals surface area contributed by atoms with Crippen LogP contribution < -0.4 is 5.32 Å². The Bertz CT molecular complexity index is 141. The Balaban J connectivity index is 2.18. The summed E-state index contributed by atoms with van der Waals surface area (Å²) in [5.74, 6) is 0.724. The topological polar surface area (TPSA) is 32.3 Å². The van der Waals surface area contributed by atoms with Gasteiger partial charge in [-0.1, -0.05) is 13.8 Å². The largest absolute Gasteiger partial charge is 0.390 e. The van der Waals surface area contributed by atoms with Crippen LogP contribution >= 0.6 is 0 Å². The van der Waals surface area contributed by atoms with Gasteiger partial charge in [-0.2, -0.15) is 0 Å². The highest BCUT2D eigenvalue weighted by Gasteiger charge is 2.28. The summed E-state index contributed by atoms with van der Waals surface area (Å²) in [6.45, 7) is 7.51. The van der Waals surface area contributed by atoms with Crippen molar-refractivity contribution < 1.29 is 5.11 Å². The van der Waals surface area contributed by atoms with Gasteiger partial charge < -0.3 is 10.4 Å². The van der Waals surface area contributed by atoms with E-state index in [1.807, 2.05) is 6.92 Å². The van der Waals surface area contributed by atoms with Crippen molar-refractivity contribution in [3.8, 4) is 0 Å². The summed E-state index contributed by atoms with van der Waals surface area (Å²) in [7, 11) is 0. The molecule has 1 rings (SSSR count). The highest BCUT2D eigenvalue weighted by Crippen LogP contribution is 2.27. The molecular weight excluding hydrogens is 162 g/mol. The van der Waals surface area contributed by atoms with Gasteiger partial charge in [0.25, 0.3) is 0 Å². The van der Waals surface area contributed by atoms with Crippen molar-refractivity contribution in [1.29, 1.82) is 0 Å². The Hall–Kier alpha value is -0.0800. The van der Waals surface area contributed by atoms with Crippen LogP contribution in [0.15, 0.2) is 0 Å². The minimum Gasteiger partial charge on any atom is -0.390 e. The van der Waals surface area contributed by atoms with Gasteiger partial charge in [0, 0.05) is 6.04 Å². The van der Waals surface area contributed by atoms with E-state index < -0.39 is 5.60 Å². The number of nitrogens with one attached hydrogen (secondary N) is 1. The molecule has 78 valence electrons. The van der Waals surface area contributed by atoms with E-state index >= 15 is 0 Å². The van der Waals surface area contributed by atoms with E-state index in [1.54, 1.807) is 0 Å². The summed E-state index contributed by atoms with van der Waals surface area (Å²) < 4.78 is 0. The maximum atomic E-state index is 9.74. The molecule has 0 aromatic heterocycles. The van der Waals surface area contributed by atoms with E-state index in [1.165, 1.54) is 0 Å². The van der Waals surface area contributed by atoms with E-state index in [-0.39, 0.29) is 0 Å². The summed E-state index contributed by atoms with van der Waals surface area (Å²) in [6.07, 6.45) is 4.14. The molecule has 1 saturated carbocycles. The second-order valence-electron chi connectivity index (χ2n) is 5.07. The van der Waals surface area contributed by atoms with Crippen LogP contribution in [0.5, 0.6) is 0 Å². The predicted octanol–water partition coefficient (Wildman–Crippen LogP) is 1.93. The van der Waals surface area contributed by atoms with E-state index in [0.717, 1.165) is 38.1 Å². The molecule has 0 saturated heterocycles. The van der Waals surface area contributed by atoms with Gasteiger partial charge in [0.15, 0.2) is 0 Å². The van der Waals surface area contributed by atoms with Crippen LogP contribution in [0.25, 0.3) is 0 Å². The van der Waals surface area contributed by atoms with Crippen LogP contribution in [-0.2, 0) is 0 Å². The van der Waals surface area contributed by atoms with Crippen molar-refractivity contribution in [3.05, 3.63) is 0 Å². The molecule has 1 fully saturated rings. The van der Waals surface area contributed by atoms with Crippen LogP contribution in [-0.4, -0.2) is 23.3 Å². The van der Waals surface area contributed by atoms with E-state index in [2.05, 4.69) is 19.2 Å². The van der Waals surface area contributed by atoms with Crippen LogP contribution in [0.2, 0.25) is 0 Å². The summed E-state index contributed by atoms with van der Waals surface area (Å²) in [4.78, 5) is 0. The van der Waals surface area contributed by atoms with E-state index in [4.69, 9.17) is 0 Å². The molecule has 0 bridgehead atoms. The molecule has 0 radical (unpaired) electrons. The number of hydrogen-bond acceptors (Lipinski definition) is 2. The lowest BCUT2D eigenvalue weighted by molar-refractivity contribution is 0.0139. The Labute approximate surface area is 81.7 Å². The maximum absolute atomic E-state index is 9.74. The fraction of sp³-hybridized carbons (Fsp3) is 1.00. The van der Waals surface area contributed by atoms with Gasteiger partial charge in [0.2, 0.25) is 0 Å². The first-order valence-corrected chi connectivity index (χ1v) is 5.45. The maximum Gasteiger partial charge on any atom is 0.0621 e. The Morgan fingerprint density at radius 1 is 1.38 bits per heavy atom. The van der Waals surface area contributed by atoms with Gasteiger partial charge in [-0.25, -0.2) is 0 Å². The average molecular weight is 185 g/mol. The normalized spacial score (nSPS) is 35.3. The molecule has 2 N–H and O–H groups in total. The molecule has 2 heteroatoms. The van der Waals surface area contributed by atoms with Gasteiger partial charge >= 0.3 is 0 Å². The molecule has 1 aliphatic carbocycles. The van der Waals surface area contributed by atoms with Crippen molar-refractivity contribution in [1.82, 2.24) is 5.32 Å². The first kappa shape index (κ1) is 11.0. The Morgan fingerprint density at radius 3 is 2.38 bits per heavy atom. The van der Waals surface area contributed by atoms with Gasteiger partial charge in [-0.15, -0.1) is 0 Å². The molecule has 0 atom stereocenters. The van der Waals surface area contributed by atoms with Crippen molar-refractivity contribution in [3.63, 3.8) is 0 Å². The third kappa shape index (κ3) is 4.10. The van der Waals surface area contributed by atoms with Crippen molar-refractivity contribution in [2.24, 2.45) is 5.92 Å². The van der Waals surface area contributed by atoms with Crippen molar-refractivity contribution in [2.75, 3.05) is 6.54 Å². The van der Waals surface area contributed by atoms with Gasteiger partial charge in [-0.3, -0.25) is 0 Å². The second kappa shape index (κ2) is 4.43. The van der Waals surface area contributed by atoms with Crippen LogP contribution in [0.1, 0.15) is 46.5 Å². The monoisotopic (exact) mass is 185 g/mol. The Kier molecular flexibility index (Phi) is 3.74. The molecule has 0 aliphatic heterocycles. The standard InChI is InChI=1S/C11H23NO/c1-9(2)8-12-10-4-6-11(3,13)7-5-10/h9-10,12-13H,4-8H2,1-3H3/t10-,11-. The summed E-state index contributed by atoms with van der Waals surface area (Å²) in [5.41, 5.74) is -0.393. The fourth-order valence-electron chi connectivity index (χ4n) is 1.85. The SMILES string of the molecule is CC(C)CN[C@H]1CC[C@](C)(O)CC1. The van der Waals surface area contributed by atoms with Gasteiger partial charge in [-0.05, 0) is 45.1 Å². The summed E-state index contributed by atoms with van der Waals surface area (Å²) in [6, 6.07) is 0.641. The third-order valence-corrected chi connectivity index (χ3v) is 2.88. The first-order valence-electron chi connectivity index (χ1n) is 5.45. The minimum absolute atomic E-state index is 0.393. The van der Waals surface area contributed by atoms with E-state index in [9.17, 15) is 5.11 Å². The lowest BCUT2D eigenvalue weighted by Gasteiger charge is -2.33. The van der Waals surface area contributed by atoms with Crippen LogP contribution in [0, 0.1) is 5.92 Å². The fourth-order valence-corrected chi connectivity index (χ4v) is 1.85. The van der Waals surface area contributed by atoms with Crippen LogP contribution in [0.4, 0.5) is 0 Å². The zero-order chi connectivity index (χ0) is 9.90. The Morgan fingerprint density at radius 2 is 1.92 bits per heavy atom. The third-order valence-electron chi connectivity index (χ3n) is 2.88. The molecule has 13 heavy (non-hydrogen) atoms. The van der Waals surface area contributed by atoms with Crippen molar-refractivity contribution in [2.45, 2.75) is 58.1 Å². The summed E-state index contributed by atoms with van der Waals surface area (Å²) in [5, 5.41) is 13.3. The average Bonchev–Trinajstić information content (AvgIpc) is 2.02. The quantitative estimate of drug-likeness (QED) is 0.704. The highest BCUT2D eigenvalue weighted by atomic mass is 16.3. The molecule has 0 aromatic rings.